The minimum absolute atomic E-state index is 0.0283. The first-order valence-electron chi connectivity index (χ1n) is 10.2. The van der Waals surface area contributed by atoms with E-state index in [9.17, 15) is 13.2 Å². The zero-order chi connectivity index (χ0) is 22.6. The minimum atomic E-state index is -3.43. The molecule has 6 nitrogen and oxygen atoms in total. The van der Waals surface area contributed by atoms with Crippen molar-refractivity contribution in [1.82, 2.24) is 15.1 Å². The predicted octanol–water partition coefficient (Wildman–Crippen LogP) is 3.46. The number of likely N-dealkylation sites (N-methyl/N-ethyl adjacent to an activating group) is 1. The van der Waals surface area contributed by atoms with Crippen LogP contribution in [0, 0.1) is 0 Å². The lowest BCUT2D eigenvalue weighted by molar-refractivity contribution is 0.0950. The van der Waals surface area contributed by atoms with Crippen LogP contribution < -0.4 is 5.32 Å². The average Bonchev–Trinajstić information content (AvgIpc) is 2.73. The van der Waals surface area contributed by atoms with Gasteiger partial charge in [-0.3, -0.25) is 9.69 Å². The summed E-state index contributed by atoms with van der Waals surface area (Å²) in [5, 5.41) is 3.71. The molecule has 1 saturated heterocycles. The number of carbonyl (C=O) groups excluding carboxylic acids is 1. The Balaban J connectivity index is 1.73. The maximum absolute atomic E-state index is 12.8. The molecule has 168 valence electrons. The van der Waals surface area contributed by atoms with E-state index < -0.39 is 9.84 Å². The van der Waals surface area contributed by atoms with Gasteiger partial charge in [0.2, 0.25) is 0 Å². The van der Waals surface area contributed by atoms with E-state index in [1.807, 2.05) is 12.1 Å². The van der Waals surface area contributed by atoms with E-state index in [1.54, 1.807) is 19.1 Å². The Morgan fingerprint density at radius 2 is 1.74 bits per heavy atom. The van der Waals surface area contributed by atoms with Gasteiger partial charge in [-0.2, -0.15) is 0 Å². The van der Waals surface area contributed by atoms with E-state index in [0.29, 0.717) is 21.2 Å². The Bertz CT molecular complexity index is 1050. The van der Waals surface area contributed by atoms with Crippen LogP contribution in [0.2, 0.25) is 10.0 Å². The van der Waals surface area contributed by atoms with Gasteiger partial charge in [0.1, 0.15) is 0 Å². The largest absolute Gasteiger partial charge is 0.348 e. The molecule has 0 saturated carbocycles. The number of hydrogen-bond donors (Lipinski definition) is 1. The van der Waals surface area contributed by atoms with Crippen LogP contribution in [0.4, 0.5) is 0 Å². The first-order chi connectivity index (χ1) is 14.7. The van der Waals surface area contributed by atoms with Crippen LogP contribution in [0.1, 0.15) is 28.4 Å². The number of amides is 1. The van der Waals surface area contributed by atoms with E-state index in [4.69, 9.17) is 23.2 Å². The van der Waals surface area contributed by atoms with Gasteiger partial charge < -0.3 is 10.2 Å². The number of sulfone groups is 1. The fraction of sp³-hybridized carbons (Fsp3) is 0.409. The summed E-state index contributed by atoms with van der Waals surface area (Å²) in [5.41, 5.74) is 1.88. The summed E-state index contributed by atoms with van der Waals surface area (Å²) < 4.78 is 24.7. The molecule has 0 radical (unpaired) electrons. The molecule has 1 amide bonds. The number of carbonyl (C=O) groups is 1. The standard InChI is InChI=1S/C22H27Cl2N3O3S/c1-3-31(29,30)21-5-4-19(23)13-18(21)14-25-22(28)17-10-16(11-20(24)12-17)15-27-8-6-26(2)7-9-27/h4-5,10-13H,3,6-9,14-15H2,1-2H3,(H,25,28). The molecule has 0 atom stereocenters. The lowest BCUT2D eigenvalue weighted by atomic mass is 10.1. The highest BCUT2D eigenvalue weighted by molar-refractivity contribution is 7.91. The second-order valence-corrected chi connectivity index (χ2v) is 10.9. The molecule has 1 N–H and O–H groups in total. The van der Waals surface area contributed by atoms with Crippen molar-refractivity contribution in [3.8, 4) is 0 Å². The van der Waals surface area contributed by atoms with E-state index in [-0.39, 0.29) is 23.1 Å². The second-order valence-electron chi connectivity index (χ2n) is 7.77. The van der Waals surface area contributed by atoms with E-state index in [1.165, 1.54) is 12.1 Å². The van der Waals surface area contributed by atoms with Crippen molar-refractivity contribution in [2.75, 3.05) is 39.0 Å². The Labute approximate surface area is 194 Å². The van der Waals surface area contributed by atoms with Crippen LogP contribution in [0.15, 0.2) is 41.3 Å². The molecule has 3 rings (SSSR count). The number of hydrogen-bond acceptors (Lipinski definition) is 5. The molecular weight excluding hydrogens is 457 g/mol. The molecule has 31 heavy (non-hydrogen) atoms. The van der Waals surface area contributed by atoms with Crippen LogP contribution in [0.25, 0.3) is 0 Å². The number of halogens is 2. The number of nitrogens with one attached hydrogen (secondary N) is 1. The Morgan fingerprint density at radius 1 is 1.03 bits per heavy atom. The number of benzene rings is 2. The summed E-state index contributed by atoms with van der Waals surface area (Å²) in [6.45, 7) is 6.31. The lowest BCUT2D eigenvalue weighted by Crippen LogP contribution is -2.43. The first kappa shape index (κ1) is 24.0. The second kappa shape index (κ2) is 10.3. The van der Waals surface area contributed by atoms with Gasteiger partial charge in [0.15, 0.2) is 9.84 Å². The summed E-state index contributed by atoms with van der Waals surface area (Å²) in [6.07, 6.45) is 0. The van der Waals surface area contributed by atoms with Crippen LogP contribution in [-0.4, -0.2) is 63.1 Å². The Hall–Kier alpha value is -1.64. The Kier molecular flexibility index (Phi) is 7.99. The molecular formula is C22H27Cl2N3O3S. The van der Waals surface area contributed by atoms with Gasteiger partial charge in [0, 0.05) is 54.9 Å². The zero-order valence-corrected chi connectivity index (χ0v) is 20.0. The molecule has 1 fully saturated rings. The summed E-state index contributed by atoms with van der Waals surface area (Å²) in [6, 6.07) is 9.92. The molecule has 2 aromatic carbocycles. The van der Waals surface area contributed by atoms with Crippen molar-refractivity contribution in [3.05, 3.63) is 63.1 Å². The fourth-order valence-electron chi connectivity index (χ4n) is 3.56. The third kappa shape index (κ3) is 6.43. The van der Waals surface area contributed by atoms with Crippen molar-refractivity contribution >= 4 is 38.9 Å². The summed E-state index contributed by atoms with van der Waals surface area (Å²) in [4.78, 5) is 17.6. The van der Waals surface area contributed by atoms with Gasteiger partial charge in [0.25, 0.3) is 5.91 Å². The van der Waals surface area contributed by atoms with Gasteiger partial charge in [-0.15, -0.1) is 0 Å². The van der Waals surface area contributed by atoms with Gasteiger partial charge in [-0.05, 0) is 54.6 Å². The quantitative estimate of drug-likeness (QED) is 0.652. The monoisotopic (exact) mass is 483 g/mol. The third-order valence-corrected chi connectivity index (χ3v) is 7.68. The third-order valence-electron chi connectivity index (χ3n) is 5.40. The summed E-state index contributed by atoms with van der Waals surface area (Å²) in [7, 11) is -1.32. The number of rotatable bonds is 7. The number of piperazine rings is 1. The van der Waals surface area contributed by atoms with Gasteiger partial charge >= 0.3 is 0 Å². The smallest absolute Gasteiger partial charge is 0.251 e. The minimum Gasteiger partial charge on any atom is -0.348 e. The normalized spacial score (nSPS) is 15.7. The van der Waals surface area contributed by atoms with Crippen LogP contribution in [-0.2, 0) is 22.9 Å². The molecule has 0 unspecified atom stereocenters. The molecule has 0 bridgehead atoms. The van der Waals surface area contributed by atoms with Gasteiger partial charge in [-0.1, -0.05) is 30.1 Å². The fourth-order valence-corrected chi connectivity index (χ4v) is 5.13. The molecule has 2 aromatic rings. The van der Waals surface area contributed by atoms with Gasteiger partial charge in [-0.25, -0.2) is 8.42 Å². The van der Waals surface area contributed by atoms with Crippen molar-refractivity contribution < 1.29 is 13.2 Å². The zero-order valence-electron chi connectivity index (χ0n) is 17.7. The first-order valence-corrected chi connectivity index (χ1v) is 12.6. The lowest BCUT2D eigenvalue weighted by Gasteiger charge is -2.32. The highest BCUT2D eigenvalue weighted by Gasteiger charge is 2.19. The SMILES string of the molecule is CCS(=O)(=O)c1ccc(Cl)cc1CNC(=O)c1cc(Cl)cc(CN2CCN(C)CC2)c1. The van der Waals surface area contributed by atoms with Crippen LogP contribution in [0.5, 0.6) is 0 Å². The van der Waals surface area contributed by atoms with Crippen molar-refractivity contribution in [2.45, 2.75) is 24.9 Å². The molecule has 0 aromatic heterocycles. The van der Waals surface area contributed by atoms with E-state index in [2.05, 4.69) is 22.2 Å². The van der Waals surface area contributed by atoms with Crippen LogP contribution in [0.3, 0.4) is 0 Å². The maximum atomic E-state index is 12.8. The van der Waals surface area contributed by atoms with Gasteiger partial charge in [0.05, 0.1) is 10.6 Å². The van der Waals surface area contributed by atoms with E-state index >= 15 is 0 Å². The maximum Gasteiger partial charge on any atom is 0.251 e. The highest BCUT2D eigenvalue weighted by Crippen LogP contribution is 2.22. The average molecular weight is 484 g/mol. The van der Waals surface area contributed by atoms with Crippen LogP contribution >= 0.6 is 23.2 Å². The highest BCUT2D eigenvalue weighted by atomic mass is 35.5. The summed E-state index contributed by atoms with van der Waals surface area (Å²) >= 11 is 12.3. The molecule has 0 spiro atoms. The topological polar surface area (TPSA) is 69.7 Å². The predicted molar refractivity (Wildman–Crippen MR) is 125 cm³/mol. The van der Waals surface area contributed by atoms with Crippen molar-refractivity contribution in [2.24, 2.45) is 0 Å². The van der Waals surface area contributed by atoms with E-state index in [0.717, 1.165) is 38.3 Å². The van der Waals surface area contributed by atoms with Crippen molar-refractivity contribution in [1.29, 1.82) is 0 Å². The molecule has 1 heterocycles. The molecule has 1 aliphatic rings. The van der Waals surface area contributed by atoms with Crippen molar-refractivity contribution in [3.63, 3.8) is 0 Å². The molecule has 0 aliphatic carbocycles. The summed E-state index contributed by atoms with van der Waals surface area (Å²) in [5.74, 6) is -0.346. The number of nitrogens with zero attached hydrogens (tertiary/aromatic N) is 2. The molecule has 9 heteroatoms. The molecule has 1 aliphatic heterocycles. The Morgan fingerprint density at radius 3 is 2.42 bits per heavy atom.